The fourth-order valence-corrected chi connectivity index (χ4v) is 2.50. The lowest BCUT2D eigenvalue weighted by Gasteiger charge is -2.17. The summed E-state index contributed by atoms with van der Waals surface area (Å²) in [5, 5.41) is 3.02. The SMILES string of the molecule is CCc1cc(C(=O)N2CC(C)C(C)C2)cc(NC)n1. The Morgan fingerprint density at radius 1 is 1.37 bits per heavy atom. The fourth-order valence-electron chi connectivity index (χ4n) is 2.50. The van der Waals surface area contributed by atoms with Crippen molar-refractivity contribution in [2.24, 2.45) is 11.8 Å². The maximum Gasteiger partial charge on any atom is 0.254 e. The van der Waals surface area contributed by atoms with Crippen molar-refractivity contribution in [3.8, 4) is 0 Å². The molecule has 104 valence electrons. The molecule has 1 aromatic rings. The van der Waals surface area contributed by atoms with Gasteiger partial charge in [0.05, 0.1) is 0 Å². The van der Waals surface area contributed by atoms with E-state index in [1.165, 1.54) is 0 Å². The van der Waals surface area contributed by atoms with Crippen LogP contribution in [-0.4, -0.2) is 35.9 Å². The van der Waals surface area contributed by atoms with Gasteiger partial charge in [-0.2, -0.15) is 0 Å². The van der Waals surface area contributed by atoms with Crippen molar-refractivity contribution in [3.63, 3.8) is 0 Å². The molecule has 0 saturated carbocycles. The van der Waals surface area contributed by atoms with Gasteiger partial charge in [-0.3, -0.25) is 4.79 Å². The summed E-state index contributed by atoms with van der Waals surface area (Å²) in [7, 11) is 1.83. The van der Waals surface area contributed by atoms with Crippen molar-refractivity contribution in [1.82, 2.24) is 9.88 Å². The Hall–Kier alpha value is -1.58. The maximum absolute atomic E-state index is 12.5. The summed E-state index contributed by atoms with van der Waals surface area (Å²) in [4.78, 5) is 18.9. The summed E-state index contributed by atoms with van der Waals surface area (Å²) in [5.41, 5.74) is 1.70. The van der Waals surface area contributed by atoms with Crippen LogP contribution in [0.25, 0.3) is 0 Å². The third-order valence-corrected chi connectivity index (χ3v) is 4.02. The van der Waals surface area contributed by atoms with Gasteiger partial charge in [0.1, 0.15) is 5.82 Å². The van der Waals surface area contributed by atoms with Gasteiger partial charge in [0.25, 0.3) is 5.91 Å². The van der Waals surface area contributed by atoms with Crippen LogP contribution < -0.4 is 5.32 Å². The van der Waals surface area contributed by atoms with Gasteiger partial charge in [0, 0.05) is 31.4 Å². The summed E-state index contributed by atoms with van der Waals surface area (Å²) in [6, 6.07) is 3.76. The number of aromatic nitrogens is 1. The largest absolute Gasteiger partial charge is 0.373 e. The first-order chi connectivity index (χ1) is 9.05. The van der Waals surface area contributed by atoms with Crippen LogP contribution in [0.15, 0.2) is 12.1 Å². The molecule has 19 heavy (non-hydrogen) atoms. The van der Waals surface area contributed by atoms with E-state index < -0.39 is 0 Å². The van der Waals surface area contributed by atoms with Crippen molar-refractivity contribution in [3.05, 3.63) is 23.4 Å². The minimum absolute atomic E-state index is 0.129. The van der Waals surface area contributed by atoms with Crippen molar-refractivity contribution >= 4 is 11.7 Å². The van der Waals surface area contributed by atoms with Crippen LogP contribution >= 0.6 is 0 Å². The maximum atomic E-state index is 12.5. The molecular formula is C15H23N3O. The molecule has 0 bridgehead atoms. The number of rotatable bonds is 3. The van der Waals surface area contributed by atoms with Gasteiger partial charge in [-0.1, -0.05) is 20.8 Å². The Morgan fingerprint density at radius 3 is 2.53 bits per heavy atom. The Morgan fingerprint density at radius 2 is 2.00 bits per heavy atom. The number of amides is 1. The molecule has 0 spiro atoms. The predicted molar refractivity (Wildman–Crippen MR) is 77.4 cm³/mol. The zero-order valence-corrected chi connectivity index (χ0v) is 12.2. The molecule has 0 aliphatic carbocycles. The van der Waals surface area contributed by atoms with Gasteiger partial charge in [-0.05, 0) is 30.4 Å². The van der Waals surface area contributed by atoms with E-state index >= 15 is 0 Å². The number of pyridine rings is 1. The van der Waals surface area contributed by atoms with Crippen LogP contribution in [-0.2, 0) is 6.42 Å². The molecule has 0 aromatic carbocycles. The van der Waals surface area contributed by atoms with E-state index in [4.69, 9.17) is 0 Å². The molecule has 1 saturated heterocycles. The molecule has 2 heterocycles. The zero-order valence-electron chi connectivity index (χ0n) is 12.2. The summed E-state index contributed by atoms with van der Waals surface area (Å²) in [6.07, 6.45) is 0.836. The molecular weight excluding hydrogens is 238 g/mol. The third-order valence-electron chi connectivity index (χ3n) is 4.02. The van der Waals surface area contributed by atoms with E-state index in [1.807, 2.05) is 24.1 Å². The van der Waals surface area contributed by atoms with Crippen molar-refractivity contribution < 1.29 is 4.79 Å². The van der Waals surface area contributed by atoms with E-state index in [9.17, 15) is 4.79 Å². The normalized spacial score (nSPS) is 22.6. The first kappa shape index (κ1) is 13.8. The van der Waals surface area contributed by atoms with Crippen molar-refractivity contribution in [1.29, 1.82) is 0 Å². The summed E-state index contributed by atoms with van der Waals surface area (Å²) in [6.45, 7) is 8.19. The molecule has 1 aliphatic heterocycles. The lowest BCUT2D eigenvalue weighted by molar-refractivity contribution is 0.0785. The van der Waals surface area contributed by atoms with Gasteiger partial charge in [0.2, 0.25) is 0 Å². The number of aryl methyl sites for hydroxylation is 1. The first-order valence-electron chi connectivity index (χ1n) is 7.03. The number of nitrogens with zero attached hydrogens (tertiary/aromatic N) is 2. The molecule has 1 N–H and O–H groups in total. The second-order valence-electron chi connectivity index (χ2n) is 5.50. The molecule has 4 heteroatoms. The van der Waals surface area contributed by atoms with Gasteiger partial charge in [0.15, 0.2) is 0 Å². The lowest BCUT2D eigenvalue weighted by atomic mass is 10.0. The second kappa shape index (κ2) is 5.59. The summed E-state index contributed by atoms with van der Waals surface area (Å²) < 4.78 is 0. The molecule has 4 nitrogen and oxygen atoms in total. The monoisotopic (exact) mass is 261 g/mol. The highest BCUT2D eigenvalue weighted by Gasteiger charge is 2.30. The Kier molecular flexibility index (Phi) is 4.08. The highest BCUT2D eigenvalue weighted by molar-refractivity contribution is 5.95. The number of hydrogen-bond donors (Lipinski definition) is 1. The smallest absolute Gasteiger partial charge is 0.254 e. The van der Waals surface area contributed by atoms with Crippen LogP contribution in [0.2, 0.25) is 0 Å². The average molecular weight is 261 g/mol. The number of carbonyl (C=O) groups excluding carboxylic acids is 1. The van der Waals surface area contributed by atoms with Gasteiger partial charge in [-0.15, -0.1) is 0 Å². The van der Waals surface area contributed by atoms with E-state index in [1.54, 1.807) is 0 Å². The number of likely N-dealkylation sites (tertiary alicyclic amines) is 1. The van der Waals surface area contributed by atoms with Crippen LogP contribution in [0.4, 0.5) is 5.82 Å². The number of hydrogen-bond acceptors (Lipinski definition) is 3. The topological polar surface area (TPSA) is 45.2 Å². The Labute approximate surface area is 115 Å². The third kappa shape index (κ3) is 2.88. The molecule has 0 radical (unpaired) electrons. The van der Waals surface area contributed by atoms with Gasteiger partial charge < -0.3 is 10.2 Å². The quantitative estimate of drug-likeness (QED) is 0.909. The van der Waals surface area contributed by atoms with Gasteiger partial charge >= 0.3 is 0 Å². The summed E-state index contributed by atoms with van der Waals surface area (Å²) in [5.74, 6) is 2.06. The van der Waals surface area contributed by atoms with Crippen molar-refractivity contribution in [2.45, 2.75) is 27.2 Å². The molecule has 1 fully saturated rings. The predicted octanol–water partition coefficient (Wildman–Crippen LogP) is 2.41. The Balaban J connectivity index is 2.23. The van der Waals surface area contributed by atoms with E-state index in [2.05, 4.69) is 31.1 Å². The zero-order chi connectivity index (χ0) is 14.0. The molecule has 1 amide bonds. The summed E-state index contributed by atoms with van der Waals surface area (Å²) >= 11 is 0. The Bertz CT molecular complexity index is 440. The minimum atomic E-state index is 0.129. The molecule has 2 rings (SSSR count). The number of carbonyl (C=O) groups is 1. The first-order valence-corrected chi connectivity index (χ1v) is 7.03. The fraction of sp³-hybridized carbons (Fsp3) is 0.600. The molecule has 2 atom stereocenters. The second-order valence-corrected chi connectivity index (χ2v) is 5.50. The molecule has 2 unspecified atom stereocenters. The van der Waals surface area contributed by atoms with Crippen LogP contribution in [0.5, 0.6) is 0 Å². The van der Waals surface area contributed by atoms with Crippen molar-refractivity contribution in [2.75, 3.05) is 25.5 Å². The minimum Gasteiger partial charge on any atom is -0.373 e. The number of anilines is 1. The lowest BCUT2D eigenvalue weighted by Crippen LogP contribution is -2.29. The van der Waals surface area contributed by atoms with E-state index in [0.29, 0.717) is 11.8 Å². The van der Waals surface area contributed by atoms with E-state index in [-0.39, 0.29) is 5.91 Å². The highest BCUT2D eigenvalue weighted by Crippen LogP contribution is 2.24. The van der Waals surface area contributed by atoms with Crippen LogP contribution in [0.1, 0.15) is 36.8 Å². The molecule has 1 aromatic heterocycles. The molecule has 1 aliphatic rings. The van der Waals surface area contributed by atoms with Gasteiger partial charge in [-0.25, -0.2) is 4.98 Å². The number of nitrogens with one attached hydrogen (secondary N) is 1. The van der Waals surface area contributed by atoms with Crippen LogP contribution in [0, 0.1) is 11.8 Å². The average Bonchev–Trinajstić information content (AvgIpc) is 2.77. The van der Waals surface area contributed by atoms with E-state index in [0.717, 1.165) is 36.6 Å². The van der Waals surface area contributed by atoms with Crippen LogP contribution in [0.3, 0.4) is 0 Å². The highest BCUT2D eigenvalue weighted by atomic mass is 16.2. The standard InChI is InChI=1S/C15H23N3O/c1-5-13-6-12(7-14(16-4)17-13)15(19)18-8-10(2)11(3)9-18/h6-7,10-11H,5,8-9H2,1-4H3,(H,16,17).